The minimum absolute atomic E-state index is 0.283. The monoisotopic (exact) mass is 316 g/mol. The highest BCUT2D eigenvalue weighted by atomic mass is 16.1. The van der Waals surface area contributed by atoms with Gasteiger partial charge in [-0.2, -0.15) is 0 Å². The van der Waals surface area contributed by atoms with Crippen molar-refractivity contribution in [2.45, 2.75) is 6.04 Å². The molecule has 3 aromatic rings. The maximum Gasteiger partial charge on any atom is 0.142 e. The molecule has 1 N–H and O–H groups in total. The number of rotatable bonds is 3. The zero-order valence-electron chi connectivity index (χ0n) is 13.2. The summed E-state index contributed by atoms with van der Waals surface area (Å²) in [5.74, 6) is 0. The molecule has 24 heavy (non-hydrogen) atoms. The number of benzene rings is 1. The van der Waals surface area contributed by atoms with Gasteiger partial charge < -0.3 is 9.80 Å². The number of hydrogen-bond donors (Lipinski definition) is 1. The van der Waals surface area contributed by atoms with Crippen molar-refractivity contribution in [2.24, 2.45) is 0 Å². The number of nitrogens with one attached hydrogen (secondary N) is 1. The molecule has 0 radical (unpaired) electrons. The first-order valence-corrected chi connectivity index (χ1v) is 7.73. The number of hydrogen-bond acceptors (Lipinski definition) is 5. The fourth-order valence-electron chi connectivity index (χ4n) is 3.06. The van der Waals surface area contributed by atoms with E-state index in [0.29, 0.717) is 0 Å². The van der Waals surface area contributed by atoms with E-state index in [-0.39, 0.29) is 6.04 Å². The number of carbonyl (C=O) groups is 1. The Morgan fingerprint density at radius 2 is 1.92 bits per heavy atom. The van der Waals surface area contributed by atoms with Crippen LogP contribution in [0.1, 0.15) is 5.56 Å². The Balaban J connectivity index is 1.88. The average Bonchev–Trinajstić information content (AvgIpc) is 3.02. The van der Waals surface area contributed by atoms with Gasteiger partial charge in [0, 0.05) is 31.0 Å². The van der Waals surface area contributed by atoms with Crippen molar-refractivity contribution in [3.63, 3.8) is 0 Å². The summed E-state index contributed by atoms with van der Waals surface area (Å²) in [7, 11) is 1.91. The molecule has 1 unspecified atom stereocenters. The maximum atomic E-state index is 11.0. The third kappa shape index (κ3) is 2.45. The van der Waals surface area contributed by atoms with Crippen molar-refractivity contribution in [2.75, 3.05) is 7.05 Å². The Kier molecular flexibility index (Phi) is 3.55. The summed E-state index contributed by atoms with van der Waals surface area (Å²) >= 11 is 0. The van der Waals surface area contributed by atoms with Crippen molar-refractivity contribution in [1.29, 1.82) is 0 Å². The van der Waals surface area contributed by atoms with Crippen molar-refractivity contribution in [1.82, 2.24) is 20.4 Å². The molecule has 2 aromatic heterocycles. The molecule has 5 heteroatoms. The first-order valence-electron chi connectivity index (χ1n) is 7.73. The third-order valence-corrected chi connectivity index (χ3v) is 4.22. The topological polar surface area (TPSA) is 58.1 Å². The molecule has 1 aromatic carbocycles. The smallest absolute Gasteiger partial charge is 0.142 e. The molecule has 0 fully saturated rings. The Bertz CT molecular complexity index is 937. The van der Waals surface area contributed by atoms with E-state index in [1.807, 2.05) is 54.7 Å². The Hall–Kier alpha value is -3.05. The summed E-state index contributed by atoms with van der Waals surface area (Å²) in [6.45, 7) is 0. The molecular formula is C19H16N4O. The molecular weight excluding hydrogens is 300 g/mol. The van der Waals surface area contributed by atoms with E-state index in [4.69, 9.17) is 0 Å². The number of aromatic nitrogens is 2. The van der Waals surface area contributed by atoms with E-state index >= 15 is 0 Å². The van der Waals surface area contributed by atoms with Gasteiger partial charge in [0.2, 0.25) is 0 Å². The van der Waals surface area contributed by atoms with Crippen LogP contribution in [0.2, 0.25) is 0 Å². The lowest BCUT2D eigenvalue weighted by atomic mass is 9.99. The second kappa shape index (κ2) is 5.86. The maximum absolute atomic E-state index is 11.0. The largest absolute Gasteiger partial charge is 0.310 e. The number of fused-ring (bicyclic) bond motifs is 1. The standard InChI is InChI=1S/C19H16N4O/c1-23-19(11-15(12-24)22-23)14-2-3-18-17(10-14)16(6-9-21-18)13-4-7-20-8-5-13/h2-12,15,22H,1H3. The highest BCUT2D eigenvalue weighted by molar-refractivity contribution is 5.96. The number of aldehydes is 1. The van der Waals surface area contributed by atoms with Crippen LogP contribution in [0.5, 0.6) is 0 Å². The van der Waals surface area contributed by atoms with E-state index in [2.05, 4.69) is 21.5 Å². The molecule has 1 aliphatic rings. The fraction of sp³-hybridized carbons (Fsp3) is 0.105. The van der Waals surface area contributed by atoms with E-state index in [1.54, 1.807) is 12.4 Å². The first kappa shape index (κ1) is 14.5. The Labute approximate surface area is 139 Å². The molecule has 118 valence electrons. The molecule has 0 spiro atoms. The van der Waals surface area contributed by atoms with Gasteiger partial charge in [-0.1, -0.05) is 6.07 Å². The van der Waals surface area contributed by atoms with Gasteiger partial charge in [0.05, 0.1) is 11.2 Å². The van der Waals surface area contributed by atoms with E-state index < -0.39 is 0 Å². The summed E-state index contributed by atoms with van der Waals surface area (Å²) in [5.41, 5.74) is 8.29. The normalized spacial score (nSPS) is 17.1. The highest BCUT2D eigenvalue weighted by Gasteiger charge is 2.20. The van der Waals surface area contributed by atoms with Crippen LogP contribution >= 0.6 is 0 Å². The molecule has 0 saturated heterocycles. The van der Waals surface area contributed by atoms with Gasteiger partial charge in [0.25, 0.3) is 0 Å². The molecule has 0 saturated carbocycles. The summed E-state index contributed by atoms with van der Waals surface area (Å²) < 4.78 is 0. The molecule has 0 aliphatic carbocycles. The molecule has 5 nitrogen and oxygen atoms in total. The van der Waals surface area contributed by atoms with Crippen LogP contribution in [-0.4, -0.2) is 34.4 Å². The van der Waals surface area contributed by atoms with Crippen molar-refractivity contribution in [3.05, 3.63) is 66.6 Å². The summed E-state index contributed by atoms with van der Waals surface area (Å²) in [6.07, 6.45) is 8.22. The molecule has 0 bridgehead atoms. The summed E-state index contributed by atoms with van der Waals surface area (Å²) in [5, 5.41) is 2.95. The van der Waals surface area contributed by atoms with E-state index in [9.17, 15) is 4.79 Å². The third-order valence-electron chi connectivity index (χ3n) is 4.22. The second-order valence-electron chi connectivity index (χ2n) is 5.73. The van der Waals surface area contributed by atoms with Crippen LogP contribution in [0.4, 0.5) is 0 Å². The number of carbonyl (C=O) groups excluding carboxylic acids is 1. The molecule has 0 amide bonds. The van der Waals surface area contributed by atoms with Crippen LogP contribution in [0.25, 0.3) is 27.7 Å². The minimum atomic E-state index is -0.283. The Morgan fingerprint density at radius 3 is 2.67 bits per heavy atom. The lowest BCUT2D eigenvalue weighted by molar-refractivity contribution is -0.109. The van der Waals surface area contributed by atoms with Crippen molar-refractivity contribution in [3.8, 4) is 11.1 Å². The molecule has 4 rings (SSSR count). The van der Waals surface area contributed by atoms with E-state index in [0.717, 1.165) is 39.6 Å². The van der Waals surface area contributed by atoms with Crippen LogP contribution in [0, 0.1) is 0 Å². The quantitative estimate of drug-likeness (QED) is 0.753. The van der Waals surface area contributed by atoms with Crippen LogP contribution in [0.3, 0.4) is 0 Å². The second-order valence-corrected chi connectivity index (χ2v) is 5.73. The zero-order valence-corrected chi connectivity index (χ0v) is 13.2. The van der Waals surface area contributed by atoms with Gasteiger partial charge in [-0.3, -0.25) is 9.97 Å². The molecule has 3 heterocycles. The van der Waals surface area contributed by atoms with Crippen LogP contribution in [-0.2, 0) is 4.79 Å². The highest BCUT2D eigenvalue weighted by Crippen LogP contribution is 2.30. The number of nitrogens with zero attached hydrogens (tertiary/aromatic N) is 3. The fourth-order valence-corrected chi connectivity index (χ4v) is 3.06. The van der Waals surface area contributed by atoms with Crippen LogP contribution in [0.15, 0.2) is 61.1 Å². The first-order chi connectivity index (χ1) is 11.8. The molecule has 1 aliphatic heterocycles. The number of pyridine rings is 2. The summed E-state index contributed by atoms with van der Waals surface area (Å²) in [4.78, 5) is 19.6. The van der Waals surface area contributed by atoms with Gasteiger partial charge >= 0.3 is 0 Å². The predicted octanol–water partition coefficient (Wildman–Crippen LogP) is 2.66. The van der Waals surface area contributed by atoms with Crippen LogP contribution < -0.4 is 5.43 Å². The van der Waals surface area contributed by atoms with Gasteiger partial charge in [-0.15, -0.1) is 0 Å². The lowest BCUT2D eigenvalue weighted by Gasteiger charge is -2.18. The molecule has 1 atom stereocenters. The van der Waals surface area contributed by atoms with Crippen molar-refractivity contribution < 1.29 is 4.79 Å². The van der Waals surface area contributed by atoms with E-state index in [1.165, 1.54) is 0 Å². The summed E-state index contributed by atoms with van der Waals surface area (Å²) in [6, 6.07) is 11.9. The predicted molar refractivity (Wildman–Crippen MR) is 93.7 cm³/mol. The van der Waals surface area contributed by atoms with Gasteiger partial charge in [0.1, 0.15) is 12.3 Å². The minimum Gasteiger partial charge on any atom is -0.310 e. The lowest BCUT2D eigenvalue weighted by Crippen LogP contribution is -2.34. The Morgan fingerprint density at radius 1 is 1.08 bits per heavy atom. The zero-order chi connectivity index (χ0) is 16.5. The average molecular weight is 316 g/mol. The SMILES string of the molecule is CN1NC(C=O)C=C1c1ccc2nccc(-c3ccncc3)c2c1. The van der Waals surface area contributed by atoms with Crippen molar-refractivity contribution >= 4 is 22.9 Å². The van der Waals surface area contributed by atoms with Gasteiger partial charge in [-0.25, -0.2) is 5.43 Å². The van der Waals surface area contributed by atoms with Gasteiger partial charge in [0.15, 0.2) is 0 Å². The van der Waals surface area contributed by atoms with Gasteiger partial charge in [-0.05, 0) is 53.1 Å². The number of hydrazine groups is 1.